The molecule has 122 valence electrons. The van der Waals surface area contributed by atoms with Crippen molar-refractivity contribution in [1.29, 1.82) is 0 Å². The van der Waals surface area contributed by atoms with E-state index in [1.807, 2.05) is 0 Å². The van der Waals surface area contributed by atoms with Crippen LogP contribution in [0.5, 0.6) is 0 Å². The second-order valence-electron chi connectivity index (χ2n) is 5.47. The van der Waals surface area contributed by atoms with Gasteiger partial charge >= 0.3 is 6.18 Å². The van der Waals surface area contributed by atoms with Crippen molar-refractivity contribution >= 4 is 5.91 Å². The summed E-state index contributed by atoms with van der Waals surface area (Å²) < 4.78 is 41.3. The predicted octanol–water partition coefficient (Wildman–Crippen LogP) is 2.02. The molecule has 23 heavy (non-hydrogen) atoms. The molecule has 0 unspecified atom stereocenters. The van der Waals surface area contributed by atoms with Gasteiger partial charge < -0.3 is 10.0 Å². The van der Waals surface area contributed by atoms with Crippen LogP contribution in [0.2, 0.25) is 0 Å². The Labute approximate surface area is 129 Å². The number of hydrogen-bond acceptors (Lipinski definition) is 3. The molecule has 1 aromatic heterocycles. The van der Waals surface area contributed by atoms with Gasteiger partial charge in [0.1, 0.15) is 0 Å². The fourth-order valence-corrected chi connectivity index (χ4v) is 2.55. The molecule has 1 fully saturated rings. The van der Waals surface area contributed by atoms with Gasteiger partial charge in [-0.25, -0.2) is 4.68 Å². The Balaban J connectivity index is 2.09. The van der Waals surface area contributed by atoms with E-state index in [2.05, 4.69) is 5.10 Å². The summed E-state index contributed by atoms with van der Waals surface area (Å²) in [5.74, 6) is -0.776. The van der Waals surface area contributed by atoms with Crippen molar-refractivity contribution in [2.75, 3.05) is 13.1 Å². The molecule has 0 bridgehead atoms. The molecule has 1 aromatic carbocycles. The third-order valence-corrected chi connectivity index (χ3v) is 3.76. The maximum absolute atomic E-state index is 13.5. The van der Waals surface area contributed by atoms with E-state index in [-0.39, 0.29) is 18.8 Å². The van der Waals surface area contributed by atoms with Crippen molar-refractivity contribution in [1.82, 2.24) is 14.7 Å². The lowest BCUT2D eigenvalue weighted by Crippen LogP contribution is -2.53. The average molecular weight is 325 g/mol. The van der Waals surface area contributed by atoms with E-state index in [0.717, 1.165) is 10.9 Å². The molecular formula is C15H14F3N3O2. The van der Waals surface area contributed by atoms with Gasteiger partial charge in [-0.15, -0.1) is 0 Å². The Hall–Kier alpha value is -2.35. The molecule has 0 aliphatic carbocycles. The predicted molar refractivity (Wildman–Crippen MR) is 75.2 cm³/mol. The Morgan fingerprint density at radius 2 is 1.96 bits per heavy atom. The van der Waals surface area contributed by atoms with Gasteiger partial charge in [-0.05, 0) is 18.6 Å². The standard InChI is InChI=1S/C15H14F3N3O2/c1-9-4-2-3-5-12(9)21-13(15(16,17)18)11(6-19-21)14(23)20-7-10(22)8-20/h2-6,10,22H,7-8H2,1H3. The number of amides is 1. The highest BCUT2D eigenvalue weighted by atomic mass is 19.4. The minimum Gasteiger partial charge on any atom is -0.389 e. The molecule has 0 radical (unpaired) electrons. The molecule has 3 rings (SSSR count). The number of hydrogen-bond donors (Lipinski definition) is 1. The highest BCUT2D eigenvalue weighted by Crippen LogP contribution is 2.35. The summed E-state index contributed by atoms with van der Waals surface area (Å²) in [6.45, 7) is 1.74. The lowest BCUT2D eigenvalue weighted by atomic mass is 10.1. The third-order valence-electron chi connectivity index (χ3n) is 3.76. The average Bonchev–Trinajstić information content (AvgIpc) is 2.88. The van der Waals surface area contributed by atoms with Gasteiger partial charge in [-0.2, -0.15) is 18.3 Å². The Morgan fingerprint density at radius 1 is 1.30 bits per heavy atom. The number of alkyl halides is 3. The molecule has 1 N–H and O–H groups in total. The molecule has 1 aliphatic rings. The number of aryl methyl sites for hydroxylation is 1. The van der Waals surface area contributed by atoms with Gasteiger partial charge in [0.15, 0.2) is 5.69 Å². The molecule has 0 saturated carbocycles. The molecule has 1 amide bonds. The highest BCUT2D eigenvalue weighted by Gasteiger charge is 2.43. The number of carbonyl (C=O) groups excluding carboxylic acids is 1. The minimum atomic E-state index is -4.73. The summed E-state index contributed by atoms with van der Waals surface area (Å²) in [6, 6.07) is 6.50. The maximum Gasteiger partial charge on any atom is 0.434 e. The van der Waals surface area contributed by atoms with Crippen molar-refractivity contribution < 1.29 is 23.1 Å². The molecule has 0 atom stereocenters. The van der Waals surface area contributed by atoms with Gasteiger partial charge in [0.2, 0.25) is 0 Å². The second kappa shape index (κ2) is 5.38. The van der Waals surface area contributed by atoms with Crippen molar-refractivity contribution in [2.24, 2.45) is 0 Å². The highest BCUT2D eigenvalue weighted by molar-refractivity contribution is 5.96. The zero-order valence-corrected chi connectivity index (χ0v) is 12.2. The van der Waals surface area contributed by atoms with Gasteiger partial charge in [-0.1, -0.05) is 18.2 Å². The van der Waals surface area contributed by atoms with Crippen LogP contribution in [0, 0.1) is 6.92 Å². The largest absolute Gasteiger partial charge is 0.434 e. The Morgan fingerprint density at radius 3 is 2.52 bits per heavy atom. The number of halogens is 3. The summed E-state index contributed by atoms with van der Waals surface area (Å²) in [4.78, 5) is 13.4. The third kappa shape index (κ3) is 2.70. The summed E-state index contributed by atoms with van der Waals surface area (Å²) in [5, 5.41) is 13.0. The lowest BCUT2D eigenvalue weighted by Gasteiger charge is -2.35. The number of para-hydroxylation sites is 1. The van der Waals surface area contributed by atoms with Gasteiger partial charge in [0.25, 0.3) is 5.91 Å². The van der Waals surface area contributed by atoms with Crippen LogP contribution < -0.4 is 0 Å². The van der Waals surface area contributed by atoms with Crippen molar-refractivity contribution in [3.05, 3.63) is 47.3 Å². The number of aliphatic hydroxyl groups excluding tert-OH is 1. The molecule has 2 aromatic rings. The quantitative estimate of drug-likeness (QED) is 0.919. The molecule has 0 spiro atoms. The number of rotatable bonds is 2. The number of benzene rings is 1. The molecule has 2 heterocycles. The van der Waals surface area contributed by atoms with Crippen LogP contribution in [-0.2, 0) is 6.18 Å². The van der Waals surface area contributed by atoms with E-state index in [4.69, 9.17) is 0 Å². The van der Waals surface area contributed by atoms with Crippen LogP contribution in [0.15, 0.2) is 30.5 Å². The van der Waals surface area contributed by atoms with Crippen molar-refractivity contribution in [2.45, 2.75) is 19.2 Å². The monoisotopic (exact) mass is 325 g/mol. The smallest absolute Gasteiger partial charge is 0.389 e. The van der Waals surface area contributed by atoms with Gasteiger partial charge in [-0.3, -0.25) is 4.79 Å². The SMILES string of the molecule is Cc1ccccc1-n1ncc(C(=O)N2CC(O)C2)c1C(F)(F)F. The first-order valence-electron chi connectivity index (χ1n) is 6.97. The van der Waals surface area contributed by atoms with E-state index in [9.17, 15) is 23.1 Å². The first kappa shape index (κ1) is 15.5. The Bertz CT molecular complexity index is 749. The fraction of sp³-hybridized carbons (Fsp3) is 0.333. The van der Waals surface area contributed by atoms with Crippen molar-refractivity contribution in [3.8, 4) is 5.69 Å². The first-order valence-corrected chi connectivity index (χ1v) is 6.97. The number of likely N-dealkylation sites (tertiary alicyclic amines) is 1. The summed E-state index contributed by atoms with van der Waals surface area (Å²) in [7, 11) is 0. The first-order chi connectivity index (χ1) is 10.8. The number of β-amino-alcohol motifs (C(OH)–C–C–N with tert-alkyl or cyclic N) is 1. The number of carbonyl (C=O) groups is 1. The minimum absolute atomic E-state index is 0.0334. The fourth-order valence-electron chi connectivity index (χ4n) is 2.55. The summed E-state index contributed by atoms with van der Waals surface area (Å²) in [5.41, 5.74) is -0.729. The van der Waals surface area contributed by atoms with Crippen LogP contribution in [0.3, 0.4) is 0 Å². The maximum atomic E-state index is 13.5. The Kier molecular flexibility index (Phi) is 3.63. The van der Waals surface area contributed by atoms with E-state index < -0.39 is 29.4 Å². The van der Waals surface area contributed by atoms with E-state index >= 15 is 0 Å². The normalized spacial score (nSPS) is 15.6. The number of aliphatic hydroxyl groups is 1. The second-order valence-corrected chi connectivity index (χ2v) is 5.47. The number of nitrogens with zero attached hydrogens (tertiary/aromatic N) is 3. The summed E-state index contributed by atoms with van der Waals surface area (Å²) >= 11 is 0. The molecule has 5 nitrogen and oxygen atoms in total. The summed E-state index contributed by atoms with van der Waals surface area (Å²) in [6.07, 6.45) is -4.48. The van der Waals surface area contributed by atoms with Gasteiger partial charge in [0, 0.05) is 13.1 Å². The van der Waals surface area contributed by atoms with Crippen LogP contribution in [0.1, 0.15) is 21.6 Å². The number of aromatic nitrogens is 2. The molecule has 1 aliphatic heterocycles. The van der Waals surface area contributed by atoms with E-state index in [0.29, 0.717) is 5.56 Å². The zero-order chi connectivity index (χ0) is 16.8. The zero-order valence-electron chi connectivity index (χ0n) is 12.2. The van der Waals surface area contributed by atoms with E-state index in [1.54, 1.807) is 25.1 Å². The van der Waals surface area contributed by atoms with Crippen LogP contribution in [-0.4, -0.2) is 44.9 Å². The molecule has 1 saturated heterocycles. The topological polar surface area (TPSA) is 58.4 Å². The molecule has 8 heteroatoms. The lowest BCUT2D eigenvalue weighted by molar-refractivity contribution is -0.143. The van der Waals surface area contributed by atoms with Crippen LogP contribution in [0.25, 0.3) is 5.69 Å². The van der Waals surface area contributed by atoms with Crippen molar-refractivity contribution in [3.63, 3.8) is 0 Å². The van der Waals surface area contributed by atoms with Crippen LogP contribution >= 0.6 is 0 Å². The van der Waals surface area contributed by atoms with E-state index in [1.165, 1.54) is 11.0 Å². The molecular weight excluding hydrogens is 311 g/mol. The van der Waals surface area contributed by atoms with Crippen LogP contribution in [0.4, 0.5) is 13.2 Å². The van der Waals surface area contributed by atoms with Gasteiger partial charge in [0.05, 0.1) is 23.6 Å².